The second-order valence-electron chi connectivity index (χ2n) is 8.96. The number of carboxylic acid groups (broad SMARTS) is 4. The fourth-order valence-corrected chi connectivity index (χ4v) is 4.66. The fourth-order valence-electron chi connectivity index (χ4n) is 4.66. The maximum absolute atomic E-state index is 10.6. The van der Waals surface area contributed by atoms with Gasteiger partial charge in [-0.15, -0.1) is 45.8 Å². The molecule has 46 heavy (non-hydrogen) atoms. The summed E-state index contributed by atoms with van der Waals surface area (Å²) < 4.78 is 0. The Labute approximate surface area is 346 Å². The van der Waals surface area contributed by atoms with Crippen molar-refractivity contribution < 1.29 is 173 Å². The zero-order chi connectivity index (χ0) is 26.5. The van der Waals surface area contributed by atoms with Crippen molar-refractivity contribution in [2.75, 3.05) is 45.8 Å². The van der Waals surface area contributed by atoms with Gasteiger partial charge in [0.25, 0.3) is 0 Å². The first-order chi connectivity index (χ1) is 17.2. The fraction of sp³-hybridized carbons (Fsp3) is 0.667. The molecule has 0 spiro atoms. The van der Waals surface area contributed by atoms with Crippen molar-refractivity contribution in [2.45, 2.75) is 32.1 Å². The Bertz CT molecular complexity index is 799. The molecule has 0 bridgehead atoms. The molecule has 0 aromatic carbocycles. The third kappa shape index (κ3) is 24.7. The molecule has 242 valence electrons. The number of carbonyl (C=O) groups is 4. The molecule has 0 aliphatic carbocycles. The van der Waals surface area contributed by atoms with Gasteiger partial charge >= 0.3 is 62.8 Å². The smallest absolute Gasteiger partial charge is 0.693 e. The van der Waals surface area contributed by atoms with E-state index in [-0.39, 0.29) is 164 Å². The van der Waals surface area contributed by atoms with Crippen molar-refractivity contribution in [1.82, 2.24) is 0 Å². The van der Waals surface area contributed by atoms with E-state index in [1.807, 2.05) is 0 Å². The minimum absolute atomic E-state index is 0. The van der Waals surface area contributed by atoms with Crippen molar-refractivity contribution in [3.63, 3.8) is 0 Å². The Hall–Kier alpha value is 0.620. The molecule has 0 saturated carbocycles. The van der Waals surface area contributed by atoms with Crippen molar-refractivity contribution in [1.29, 1.82) is 0 Å². The molecule has 4 aliphatic heterocycles. The van der Waals surface area contributed by atoms with Crippen LogP contribution in [0.4, 0.5) is 0 Å². The van der Waals surface area contributed by atoms with Gasteiger partial charge in [-0.1, -0.05) is 38.2 Å². The molecule has 12 N–H and O–H groups in total. The Morgan fingerprint density at radius 1 is 0.587 bits per heavy atom. The average Bonchev–Trinajstić information content (AvgIpc) is 2.90. The quantitative estimate of drug-likeness (QED) is 0.290. The van der Waals surface area contributed by atoms with Gasteiger partial charge in [0.15, 0.2) is 0 Å². The molecule has 0 radical (unpaired) electrons. The molecular formula is C24H42N5O11Zn6-. The molecule has 22 heteroatoms. The molecular weight excluding hydrogens is 927 g/mol. The van der Waals surface area contributed by atoms with E-state index in [0.29, 0.717) is 13.0 Å². The molecule has 0 aromatic rings. The molecule has 3 saturated heterocycles. The number of nitrogens with zero attached hydrogens (tertiary/aromatic N) is 4. The third-order valence-corrected chi connectivity index (χ3v) is 6.71. The molecule has 0 aromatic heterocycles. The van der Waals surface area contributed by atoms with Gasteiger partial charge in [-0.2, -0.15) is 6.20 Å². The predicted molar refractivity (Wildman–Crippen MR) is 147 cm³/mol. The average molecular weight is 969 g/mol. The Balaban J connectivity index is -0.0000000575. The van der Waals surface area contributed by atoms with Crippen molar-refractivity contribution in [3.05, 3.63) is 50.8 Å². The zero-order valence-electron chi connectivity index (χ0n) is 26.5. The van der Waals surface area contributed by atoms with Crippen LogP contribution in [0.3, 0.4) is 0 Å². The first-order valence-electron chi connectivity index (χ1n) is 12.1. The zero-order valence-corrected chi connectivity index (χ0v) is 44.3. The summed E-state index contributed by atoms with van der Waals surface area (Å²) in [6.45, 7) is 5.30. The van der Waals surface area contributed by atoms with Crippen LogP contribution in [0.2, 0.25) is 0 Å². The number of aliphatic carboxylic acids is 4. The number of nitrogens with two attached hydrogens (primary N) is 1. The van der Waals surface area contributed by atoms with E-state index in [4.69, 9.17) is 20.4 Å². The van der Waals surface area contributed by atoms with E-state index >= 15 is 0 Å². The maximum atomic E-state index is 10.6. The summed E-state index contributed by atoms with van der Waals surface area (Å²) in [5.74, 6) is -4.24. The van der Waals surface area contributed by atoms with Crippen molar-refractivity contribution in [2.24, 2.45) is 23.7 Å². The minimum Gasteiger partial charge on any atom is -0.693 e. The second kappa shape index (κ2) is 38.4. The van der Waals surface area contributed by atoms with Crippen LogP contribution in [0.25, 0.3) is 27.4 Å². The molecule has 16 nitrogen and oxygen atoms in total. The molecule has 2 atom stereocenters. The minimum atomic E-state index is -1.27. The van der Waals surface area contributed by atoms with Gasteiger partial charge in [0, 0.05) is 77.9 Å². The standard InChI is InChI=1S/C10H18N2.C7H10NO4.C7H6NO4.H2N.3H2O.6Zn/c1-5-11-6-2-9(1)10-3-7-12-8-4-10;2*9-6(10)4-1-2-8-3-5(4)7(11)12;;;;;;;;;;/h9-10H,1-8H2;4-5H,1-3H2,(H,9,10)(H,11,12);1,3H,2H2,(H,9,10)(H,11,12);4*1H2;;;;;;/q-2;3*-1;;;;;;;;2*+2. The summed E-state index contributed by atoms with van der Waals surface area (Å²) in [7, 11) is 0. The predicted octanol–water partition coefficient (Wildman–Crippen LogP) is 1.30. The van der Waals surface area contributed by atoms with Crippen LogP contribution >= 0.6 is 0 Å². The van der Waals surface area contributed by atoms with Crippen LogP contribution in [0.15, 0.2) is 23.4 Å². The maximum Gasteiger partial charge on any atom is 2.00 e. The van der Waals surface area contributed by atoms with E-state index in [1.54, 1.807) is 0 Å². The summed E-state index contributed by atoms with van der Waals surface area (Å²) in [5, 5.41) is 50.7. The number of hydrogen-bond donors (Lipinski definition) is 4. The summed E-state index contributed by atoms with van der Waals surface area (Å²) >= 11 is 0. The Morgan fingerprint density at radius 3 is 1.26 bits per heavy atom. The summed E-state index contributed by atoms with van der Waals surface area (Å²) in [6.07, 6.45) is 8.08. The number of piperidine rings is 3. The van der Waals surface area contributed by atoms with Crippen molar-refractivity contribution in [3.8, 4) is 0 Å². The van der Waals surface area contributed by atoms with Gasteiger partial charge in [0.05, 0.1) is 23.0 Å². The summed E-state index contributed by atoms with van der Waals surface area (Å²) in [5.41, 5.74) is -0.466. The van der Waals surface area contributed by atoms with Crippen LogP contribution in [0.1, 0.15) is 32.1 Å². The van der Waals surface area contributed by atoms with E-state index in [1.165, 1.54) is 31.8 Å². The van der Waals surface area contributed by atoms with Crippen molar-refractivity contribution >= 4 is 23.9 Å². The molecule has 4 aliphatic rings. The van der Waals surface area contributed by atoms with Crippen LogP contribution < -0.4 is 0 Å². The second-order valence-corrected chi connectivity index (χ2v) is 8.96. The molecule has 4 rings (SSSR count). The number of hydrogen-bond acceptors (Lipinski definition) is 4. The van der Waals surface area contributed by atoms with Crippen LogP contribution in [-0.4, -0.2) is 107 Å². The van der Waals surface area contributed by atoms with E-state index in [2.05, 4.69) is 21.3 Å². The van der Waals surface area contributed by atoms with Gasteiger partial charge in [-0.3, -0.25) is 9.59 Å². The van der Waals surface area contributed by atoms with E-state index in [0.717, 1.165) is 44.2 Å². The third-order valence-electron chi connectivity index (χ3n) is 6.71. The molecule has 0 amide bonds. The molecule has 3 fully saturated rings. The summed E-state index contributed by atoms with van der Waals surface area (Å²) in [6, 6.07) is 0. The summed E-state index contributed by atoms with van der Waals surface area (Å²) in [4.78, 5) is 42.0. The van der Waals surface area contributed by atoms with E-state index in [9.17, 15) is 19.2 Å². The van der Waals surface area contributed by atoms with Crippen LogP contribution in [-0.2, 0) is 136 Å². The van der Waals surface area contributed by atoms with Gasteiger partial charge in [0.2, 0.25) is 0 Å². The van der Waals surface area contributed by atoms with E-state index < -0.39 is 35.7 Å². The van der Waals surface area contributed by atoms with Gasteiger partial charge in [-0.25, -0.2) is 9.59 Å². The van der Waals surface area contributed by atoms with Gasteiger partial charge in [0.1, 0.15) is 0 Å². The van der Waals surface area contributed by atoms with Gasteiger partial charge < -0.3 is 64.3 Å². The topological polar surface area (TPSA) is 334 Å². The van der Waals surface area contributed by atoms with Crippen LogP contribution in [0, 0.1) is 23.7 Å². The monoisotopic (exact) mass is 960 g/mol. The first kappa shape index (κ1) is 68.6. The Kier molecular flexibility index (Phi) is 57.3. The number of carboxylic acids is 4. The Morgan fingerprint density at radius 2 is 0.957 bits per heavy atom. The SMILES string of the molecule is C1CC(C2CC[N-]CC2)CC[N-]1.O.O.O.O=C(O)C1=CC[N-]C=C1C(=O)O.O=C(O)C1CC[N-]CC1C(=O)O.[NH2-].[Zn+2].[Zn+2].[Zn].[Zn].[Zn].[Zn]. The largest absolute Gasteiger partial charge is 2.00 e. The normalized spacial score (nSPS) is 19.4. The number of rotatable bonds is 5. The van der Waals surface area contributed by atoms with Crippen LogP contribution in [0.5, 0.6) is 0 Å². The van der Waals surface area contributed by atoms with Gasteiger partial charge in [-0.05, 0) is 11.8 Å². The first-order valence-corrected chi connectivity index (χ1v) is 12.1. The molecule has 4 heterocycles. The molecule has 2 unspecified atom stereocenters.